The molecule has 0 amide bonds. The summed E-state index contributed by atoms with van der Waals surface area (Å²) < 4.78 is 5.31. The van der Waals surface area contributed by atoms with Crippen LogP contribution in [0.1, 0.15) is 18.4 Å². The summed E-state index contributed by atoms with van der Waals surface area (Å²) in [6.07, 6.45) is 0. The van der Waals surface area contributed by atoms with Crippen LogP contribution in [0.5, 0.6) is 0 Å². The number of hydrogen-bond acceptors (Lipinski definition) is 4. The number of nitrogens with zero attached hydrogens (tertiary/aromatic N) is 2. The summed E-state index contributed by atoms with van der Waals surface area (Å²) in [7, 11) is 0. The lowest BCUT2D eigenvalue weighted by Gasteiger charge is -2.15. The van der Waals surface area contributed by atoms with Gasteiger partial charge in [-0.2, -0.15) is 5.26 Å². The fraction of sp³-hybridized carbons (Fsp3) is 0.250. The van der Waals surface area contributed by atoms with E-state index in [0.717, 1.165) is 0 Å². The summed E-state index contributed by atoms with van der Waals surface area (Å²) in [5, 5.41) is 18.1. The van der Waals surface area contributed by atoms with E-state index in [9.17, 15) is 4.79 Å². The fourth-order valence-corrected chi connectivity index (χ4v) is 1.59. The van der Waals surface area contributed by atoms with Gasteiger partial charge in [0.15, 0.2) is 16.9 Å². The molecule has 5 heteroatoms. The van der Waals surface area contributed by atoms with Crippen LogP contribution in [0.25, 0.3) is 11.1 Å². The normalized spacial score (nSPS) is 14.2. The van der Waals surface area contributed by atoms with Gasteiger partial charge >= 0.3 is 5.97 Å². The summed E-state index contributed by atoms with van der Waals surface area (Å²) in [4.78, 5) is 15.2. The van der Waals surface area contributed by atoms with Crippen molar-refractivity contribution in [3.63, 3.8) is 0 Å². The first kappa shape index (κ1) is 11.1. The highest BCUT2D eigenvalue weighted by Crippen LogP contribution is 2.27. The molecule has 1 N–H and O–H groups in total. The molecule has 1 unspecified atom stereocenters. The maximum absolute atomic E-state index is 11.1. The molecule has 1 aromatic heterocycles. The maximum atomic E-state index is 11.1. The second kappa shape index (κ2) is 3.59. The second-order valence-corrected chi connectivity index (χ2v) is 3.96. The molecule has 17 heavy (non-hydrogen) atoms. The van der Waals surface area contributed by atoms with Gasteiger partial charge in [-0.15, -0.1) is 0 Å². The Morgan fingerprint density at radius 1 is 1.59 bits per heavy atom. The molecule has 0 aliphatic rings. The van der Waals surface area contributed by atoms with Crippen molar-refractivity contribution in [3.8, 4) is 6.07 Å². The van der Waals surface area contributed by atoms with E-state index in [1.807, 2.05) is 0 Å². The molecule has 0 aliphatic carbocycles. The Bertz CT molecular complexity index is 639. The Balaban J connectivity index is 2.64. The number of nitriles is 1. The SMILES string of the molecule is Cc1nc2ccc(C(C)(C#N)C(=O)O)cc2o1. The van der Waals surface area contributed by atoms with Gasteiger partial charge in [0, 0.05) is 6.92 Å². The molecule has 2 aromatic rings. The van der Waals surface area contributed by atoms with Gasteiger partial charge in [0.2, 0.25) is 0 Å². The molecule has 1 heterocycles. The van der Waals surface area contributed by atoms with Gasteiger partial charge in [-0.3, -0.25) is 4.79 Å². The fourth-order valence-electron chi connectivity index (χ4n) is 1.59. The van der Waals surface area contributed by atoms with Crippen molar-refractivity contribution in [2.75, 3.05) is 0 Å². The minimum absolute atomic E-state index is 0.385. The first-order chi connectivity index (χ1) is 7.97. The molecular weight excluding hydrogens is 220 g/mol. The number of carboxylic acids is 1. The first-order valence-corrected chi connectivity index (χ1v) is 4.99. The number of hydrogen-bond donors (Lipinski definition) is 1. The molecule has 1 aromatic carbocycles. The van der Waals surface area contributed by atoms with Crippen LogP contribution in [0.2, 0.25) is 0 Å². The Morgan fingerprint density at radius 2 is 2.29 bits per heavy atom. The molecule has 86 valence electrons. The zero-order valence-electron chi connectivity index (χ0n) is 9.39. The third-order valence-electron chi connectivity index (χ3n) is 2.72. The van der Waals surface area contributed by atoms with Crippen LogP contribution in [0, 0.1) is 18.3 Å². The molecular formula is C12H10N2O3. The minimum atomic E-state index is -1.57. The molecule has 0 saturated heterocycles. The van der Waals surface area contributed by atoms with E-state index in [1.165, 1.54) is 6.92 Å². The largest absolute Gasteiger partial charge is 0.480 e. The average molecular weight is 230 g/mol. The number of carbonyl (C=O) groups is 1. The van der Waals surface area contributed by atoms with Gasteiger partial charge in [-0.1, -0.05) is 6.07 Å². The predicted octanol–water partition coefficient (Wildman–Crippen LogP) is 2.00. The number of benzene rings is 1. The molecule has 0 fully saturated rings. The zero-order chi connectivity index (χ0) is 12.6. The van der Waals surface area contributed by atoms with Crippen LogP contribution in [-0.2, 0) is 10.2 Å². The van der Waals surface area contributed by atoms with E-state index >= 15 is 0 Å². The van der Waals surface area contributed by atoms with E-state index in [2.05, 4.69) is 4.98 Å². The van der Waals surface area contributed by atoms with Crippen LogP contribution in [0.15, 0.2) is 22.6 Å². The van der Waals surface area contributed by atoms with Crippen LogP contribution < -0.4 is 0 Å². The van der Waals surface area contributed by atoms with E-state index in [1.54, 1.807) is 31.2 Å². The number of fused-ring (bicyclic) bond motifs is 1. The molecule has 0 spiro atoms. The lowest BCUT2D eigenvalue weighted by molar-refractivity contribution is -0.140. The molecule has 5 nitrogen and oxygen atoms in total. The van der Waals surface area contributed by atoms with Gasteiger partial charge in [-0.25, -0.2) is 4.98 Å². The van der Waals surface area contributed by atoms with Crippen LogP contribution in [0.4, 0.5) is 0 Å². The molecule has 1 atom stereocenters. The first-order valence-electron chi connectivity index (χ1n) is 4.99. The van der Waals surface area contributed by atoms with Gasteiger partial charge in [0.05, 0.1) is 6.07 Å². The third-order valence-corrected chi connectivity index (χ3v) is 2.72. The highest BCUT2D eigenvalue weighted by atomic mass is 16.4. The highest BCUT2D eigenvalue weighted by Gasteiger charge is 2.35. The van der Waals surface area contributed by atoms with E-state index in [4.69, 9.17) is 14.8 Å². The summed E-state index contributed by atoms with van der Waals surface area (Å²) in [5.41, 5.74) is -0.0506. The van der Waals surface area contributed by atoms with Crippen LogP contribution in [-0.4, -0.2) is 16.1 Å². The molecule has 0 aliphatic heterocycles. The van der Waals surface area contributed by atoms with Crippen molar-refractivity contribution < 1.29 is 14.3 Å². The summed E-state index contributed by atoms with van der Waals surface area (Å²) in [6, 6.07) is 6.59. The Morgan fingerprint density at radius 3 is 2.88 bits per heavy atom. The number of carboxylic acid groups (broad SMARTS) is 1. The summed E-state index contributed by atoms with van der Waals surface area (Å²) in [5.74, 6) is -0.679. The highest BCUT2D eigenvalue weighted by molar-refractivity contribution is 5.86. The van der Waals surface area contributed by atoms with Crippen LogP contribution >= 0.6 is 0 Å². The Hall–Kier alpha value is -2.35. The number of rotatable bonds is 2. The Labute approximate surface area is 97.3 Å². The monoisotopic (exact) mass is 230 g/mol. The molecule has 0 bridgehead atoms. The van der Waals surface area contributed by atoms with Crippen molar-refractivity contribution in [1.29, 1.82) is 5.26 Å². The van der Waals surface area contributed by atoms with Crippen LogP contribution in [0.3, 0.4) is 0 Å². The summed E-state index contributed by atoms with van der Waals surface area (Å²) in [6.45, 7) is 3.07. The minimum Gasteiger partial charge on any atom is -0.480 e. The maximum Gasteiger partial charge on any atom is 0.328 e. The summed E-state index contributed by atoms with van der Waals surface area (Å²) >= 11 is 0. The van der Waals surface area contributed by atoms with Gasteiger partial charge < -0.3 is 9.52 Å². The number of oxazole rings is 1. The van der Waals surface area contributed by atoms with E-state index in [-0.39, 0.29) is 0 Å². The smallest absolute Gasteiger partial charge is 0.328 e. The number of aliphatic carboxylic acids is 1. The number of aromatic nitrogens is 1. The van der Waals surface area contributed by atoms with Crippen molar-refractivity contribution >= 4 is 17.1 Å². The Kier molecular flexibility index (Phi) is 2.36. The van der Waals surface area contributed by atoms with Gasteiger partial charge in [0.25, 0.3) is 0 Å². The lowest BCUT2D eigenvalue weighted by Crippen LogP contribution is -2.30. The topological polar surface area (TPSA) is 87.1 Å². The van der Waals surface area contributed by atoms with E-state index in [0.29, 0.717) is 22.6 Å². The molecule has 0 radical (unpaired) electrons. The molecule has 2 rings (SSSR count). The van der Waals surface area contributed by atoms with Gasteiger partial charge in [-0.05, 0) is 24.6 Å². The van der Waals surface area contributed by atoms with Crippen molar-refractivity contribution in [2.24, 2.45) is 0 Å². The van der Waals surface area contributed by atoms with Crippen molar-refractivity contribution in [3.05, 3.63) is 29.7 Å². The lowest BCUT2D eigenvalue weighted by atomic mass is 9.84. The predicted molar refractivity (Wildman–Crippen MR) is 59.3 cm³/mol. The quantitative estimate of drug-likeness (QED) is 0.852. The molecule has 0 saturated carbocycles. The van der Waals surface area contributed by atoms with Gasteiger partial charge in [0.1, 0.15) is 5.52 Å². The number of aryl methyl sites for hydroxylation is 1. The third kappa shape index (κ3) is 1.64. The standard InChI is InChI=1S/C12H10N2O3/c1-7-14-9-4-3-8(5-10(9)17-7)12(2,6-13)11(15)16/h3-5H,1-2H3,(H,15,16). The zero-order valence-corrected chi connectivity index (χ0v) is 9.39. The van der Waals surface area contributed by atoms with E-state index < -0.39 is 11.4 Å². The van der Waals surface area contributed by atoms with Crippen molar-refractivity contribution in [2.45, 2.75) is 19.3 Å². The average Bonchev–Trinajstić information content (AvgIpc) is 2.66. The van der Waals surface area contributed by atoms with Crippen molar-refractivity contribution in [1.82, 2.24) is 4.98 Å². The second-order valence-electron chi connectivity index (χ2n) is 3.96.